The number of nitrogens with one attached hydrogen (secondary N) is 1. The van der Waals surface area contributed by atoms with Crippen molar-refractivity contribution in [2.24, 2.45) is 0 Å². The van der Waals surface area contributed by atoms with Gasteiger partial charge in [-0.3, -0.25) is 9.89 Å². The molecule has 1 atom stereocenters. The van der Waals surface area contributed by atoms with Gasteiger partial charge in [-0.05, 0) is 11.6 Å². The molecule has 1 aromatic heterocycles. The Balaban J connectivity index is 1.59. The average Bonchev–Trinajstić information content (AvgIpc) is 3.06. The Labute approximate surface area is 133 Å². The third-order valence-corrected chi connectivity index (χ3v) is 4.20. The topological polar surface area (TPSA) is 58.2 Å². The smallest absolute Gasteiger partial charge is 0.275 e. The summed E-state index contributed by atoms with van der Waals surface area (Å²) in [6.07, 6.45) is -0.0842. The monoisotopic (exact) mass is 307 g/mol. The maximum absolute atomic E-state index is 12.8. The Morgan fingerprint density at radius 1 is 1.13 bits per heavy atom. The molecular formula is C18H17N3O2. The van der Waals surface area contributed by atoms with Crippen LogP contribution < -0.4 is 0 Å². The van der Waals surface area contributed by atoms with Crippen LogP contribution in [0.2, 0.25) is 0 Å². The van der Waals surface area contributed by atoms with Crippen molar-refractivity contribution in [1.82, 2.24) is 15.1 Å². The number of fused-ring (bicyclic) bond motifs is 1. The lowest BCUT2D eigenvalue weighted by Gasteiger charge is -2.32. The molecule has 1 saturated heterocycles. The highest BCUT2D eigenvalue weighted by molar-refractivity contribution is 6.04. The summed E-state index contributed by atoms with van der Waals surface area (Å²) in [7, 11) is 0. The number of hydrogen-bond acceptors (Lipinski definition) is 3. The van der Waals surface area contributed by atoms with Gasteiger partial charge in [0.2, 0.25) is 0 Å². The normalized spacial score (nSPS) is 18.3. The van der Waals surface area contributed by atoms with Crippen LogP contribution in [0, 0.1) is 0 Å². The lowest BCUT2D eigenvalue weighted by atomic mass is 10.1. The van der Waals surface area contributed by atoms with Crippen LogP contribution in [0.4, 0.5) is 0 Å². The van der Waals surface area contributed by atoms with Gasteiger partial charge in [-0.1, -0.05) is 48.5 Å². The number of ether oxygens (including phenoxy) is 1. The average molecular weight is 307 g/mol. The van der Waals surface area contributed by atoms with Gasteiger partial charge in [0.25, 0.3) is 5.91 Å². The molecule has 5 nitrogen and oxygen atoms in total. The fourth-order valence-electron chi connectivity index (χ4n) is 2.98. The molecule has 23 heavy (non-hydrogen) atoms. The molecule has 1 amide bonds. The standard InChI is InChI=1S/C18H17N3O2/c22-18(17-14-8-4-5-9-15(14)19-20-17)21-10-11-23-16(12-21)13-6-2-1-3-7-13/h1-9,16H,10-12H2,(H,19,20)/t16-/m1/s1. The van der Waals surface area contributed by atoms with Crippen LogP contribution in [0.3, 0.4) is 0 Å². The van der Waals surface area contributed by atoms with Gasteiger partial charge in [-0.2, -0.15) is 5.10 Å². The van der Waals surface area contributed by atoms with Crippen LogP contribution in [0.25, 0.3) is 10.9 Å². The van der Waals surface area contributed by atoms with E-state index >= 15 is 0 Å². The molecule has 4 rings (SSSR count). The molecule has 1 aliphatic heterocycles. The van der Waals surface area contributed by atoms with Crippen LogP contribution >= 0.6 is 0 Å². The van der Waals surface area contributed by atoms with E-state index in [1.807, 2.05) is 59.5 Å². The van der Waals surface area contributed by atoms with Crippen LogP contribution in [0.1, 0.15) is 22.2 Å². The molecule has 0 radical (unpaired) electrons. The molecule has 116 valence electrons. The lowest BCUT2D eigenvalue weighted by molar-refractivity contribution is -0.0229. The minimum Gasteiger partial charge on any atom is -0.370 e. The quantitative estimate of drug-likeness (QED) is 0.792. The molecule has 1 aliphatic rings. The number of aromatic nitrogens is 2. The number of benzene rings is 2. The van der Waals surface area contributed by atoms with Crippen molar-refractivity contribution in [2.75, 3.05) is 19.7 Å². The van der Waals surface area contributed by atoms with Crippen molar-refractivity contribution in [3.8, 4) is 0 Å². The lowest BCUT2D eigenvalue weighted by Crippen LogP contribution is -2.42. The first-order chi connectivity index (χ1) is 11.3. The second kappa shape index (κ2) is 5.85. The third kappa shape index (κ3) is 2.59. The van der Waals surface area contributed by atoms with Crippen LogP contribution in [0.15, 0.2) is 54.6 Å². The maximum Gasteiger partial charge on any atom is 0.275 e. The zero-order valence-electron chi connectivity index (χ0n) is 12.6. The van der Waals surface area contributed by atoms with Crippen LogP contribution in [0.5, 0.6) is 0 Å². The molecule has 3 aromatic rings. The first-order valence-corrected chi connectivity index (χ1v) is 7.72. The molecule has 0 spiro atoms. The number of rotatable bonds is 2. The first kappa shape index (κ1) is 14.0. The van der Waals surface area contributed by atoms with E-state index in [2.05, 4.69) is 10.2 Å². The summed E-state index contributed by atoms with van der Waals surface area (Å²) in [5, 5.41) is 7.99. The highest BCUT2D eigenvalue weighted by Crippen LogP contribution is 2.24. The molecule has 0 saturated carbocycles. The van der Waals surface area contributed by atoms with E-state index in [-0.39, 0.29) is 12.0 Å². The van der Waals surface area contributed by atoms with Gasteiger partial charge in [0, 0.05) is 11.9 Å². The number of morpholine rings is 1. The van der Waals surface area contributed by atoms with Crippen molar-refractivity contribution < 1.29 is 9.53 Å². The number of amides is 1. The zero-order chi connectivity index (χ0) is 15.6. The SMILES string of the molecule is O=C(c1n[nH]c2ccccc12)N1CCO[C@@H](c2ccccc2)C1. The molecule has 5 heteroatoms. The number of para-hydroxylation sites is 1. The Kier molecular flexibility index (Phi) is 3.55. The van der Waals surface area contributed by atoms with Gasteiger partial charge in [0.05, 0.1) is 18.7 Å². The van der Waals surface area contributed by atoms with E-state index < -0.39 is 0 Å². The molecule has 0 unspecified atom stereocenters. The van der Waals surface area contributed by atoms with Gasteiger partial charge in [-0.25, -0.2) is 0 Å². The summed E-state index contributed by atoms with van der Waals surface area (Å²) < 4.78 is 5.83. The maximum atomic E-state index is 12.8. The molecule has 1 N–H and O–H groups in total. The summed E-state index contributed by atoms with van der Waals surface area (Å²) in [6, 6.07) is 17.7. The first-order valence-electron chi connectivity index (χ1n) is 7.72. The minimum atomic E-state index is -0.0842. The van der Waals surface area contributed by atoms with Gasteiger partial charge in [0.1, 0.15) is 6.10 Å². The largest absolute Gasteiger partial charge is 0.370 e. The number of carbonyl (C=O) groups excluding carboxylic acids is 1. The van der Waals surface area contributed by atoms with Crippen molar-refractivity contribution in [3.05, 3.63) is 65.9 Å². The van der Waals surface area contributed by atoms with Crippen molar-refractivity contribution in [3.63, 3.8) is 0 Å². The number of carbonyl (C=O) groups is 1. The van der Waals surface area contributed by atoms with E-state index in [9.17, 15) is 4.79 Å². The molecule has 2 heterocycles. The molecule has 0 bridgehead atoms. The Bertz CT molecular complexity index is 828. The molecule has 0 aliphatic carbocycles. The van der Waals surface area contributed by atoms with Gasteiger partial charge < -0.3 is 9.64 Å². The predicted octanol–water partition coefficient (Wildman–Crippen LogP) is 2.78. The number of nitrogens with zero attached hydrogens (tertiary/aromatic N) is 2. The van der Waals surface area contributed by atoms with Crippen molar-refractivity contribution in [2.45, 2.75) is 6.10 Å². The molecule has 2 aromatic carbocycles. The second-order valence-electron chi connectivity index (χ2n) is 5.64. The highest BCUT2D eigenvalue weighted by atomic mass is 16.5. The predicted molar refractivity (Wildman–Crippen MR) is 87.1 cm³/mol. The Hall–Kier alpha value is -2.66. The summed E-state index contributed by atoms with van der Waals surface area (Å²) in [6.45, 7) is 1.67. The zero-order valence-corrected chi connectivity index (χ0v) is 12.6. The van der Waals surface area contributed by atoms with E-state index in [1.54, 1.807) is 0 Å². The number of aromatic amines is 1. The van der Waals surface area contributed by atoms with Gasteiger partial charge in [-0.15, -0.1) is 0 Å². The second-order valence-corrected chi connectivity index (χ2v) is 5.64. The Morgan fingerprint density at radius 3 is 2.78 bits per heavy atom. The fourth-order valence-corrected chi connectivity index (χ4v) is 2.98. The van der Waals surface area contributed by atoms with Crippen molar-refractivity contribution >= 4 is 16.8 Å². The van der Waals surface area contributed by atoms with Crippen LogP contribution in [-0.4, -0.2) is 40.7 Å². The summed E-state index contributed by atoms with van der Waals surface area (Å²) in [4.78, 5) is 14.7. The molecule has 1 fully saturated rings. The van der Waals surface area contributed by atoms with Crippen molar-refractivity contribution in [1.29, 1.82) is 0 Å². The fraction of sp³-hybridized carbons (Fsp3) is 0.222. The summed E-state index contributed by atoms with van der Waals surface area (Å²) >= 11 is 0. The van der Waals surface area contributed by atoms with Crippen LogP contribution in [-0.2, 0) is 4.74 Å². The molecular weight excluding hydrogens is 290 g/mol. The van der Waals surface area contributed by atoms with Gasteiger partial charge >= 0.3 is 0 Å². The minimum absolute atomic E-state index is 0.0494. The van der Waals surface area contributed by atoms with E-state index in [0.717, 1.165) is 16.5 Å². The number of H-pyrrole nitrogens is 1. The highest BCUT2D eigenvalue weighted by Gasteiger charge is 2.28. The summed E-state index contributed by atoms with van der Waals surface area (Å²) in [5.41, 5.74) is 2.45. The van der Waals surface area contributed by atoms with E-state index in [4.69, 9.17) is 4.74 Å². The summed E-state index contributed by atoms with van der Waals surface area (Å²) in [5.74, 6) is -0.0494. The van der Waals surface area contributed by atoms with E-state index in [1.165, 1.54) is 0 Å². The third-order valence-electron chi connectivity index (χ3n) is 4.20. The van der Waals surface area contributed by atoms with E-state index in [0.29, 0.717) is 25.4 Å². The number of hydrogen-bond donors (Lipinski definition) is 1. The van der Waals surface area contributed by atoms with Gasteiger partial charge in [0.15, 0.2) is 5.69 Å². The Morgan fingerprint density at radius 2 is 1.91 bits per heavy atom.